The first-order valence-electron chi connectivity index (χ1n) is 8.92. The highest BCUT2D eigenvalue weighted by Gasteiger charge is 2.18. The van der Waals surface area contributed by atoms with Gasteiger partial charge in [0.1, 0.15) is 11.3 Å². The summed E-state index contributed by atoms with van der Waals surface area (Å²) in [4.78, 5) is 17.3. The first kappa shape index (κ1) is 18.4. The van der Waals surface area contributed by atoms with Gasteiger partial charge in [-0.25, -0.2) is 9.50 Å². The van der Waals surface area contributed by atoms with Gasteiger partial charge in [0.25, 0.3) is 5.91 Å². The SMILES string of the molecule is Cc1nc2c(C(=O)NCc3ccco3)cnn2c(C)c1Cc1cccc(Br)c1. The van der Waals surface area contributed by atoms with E-state index in [1.54, 1.807) is 23.0 Å². The monoisotopic (exact) mass is 438 g/mol. The molecule has 0 fully saturated rings. The van der Waals surface area contributed by atoms with Gasteiger partial charge in [-0.2, -0.15) is 5.10 Å². The fraction of sp³-hybridized carbons (Fsp3) is 0.190. The van der Waals surface area contributed by atoms with Gasteiger partial charge in [-0.15, -0.1) is 0 Å². The van der Waals surface area contributed by atoms with E-state index in [-0.39, 0.29) is 5.91 Å². The summed E-state index contributed by atoms with van der Waals surface area (Å²) in [6.45, 7) is 4.30. The molecule has 142 valence electrons. The van der Waals surface area contributed by atoms with Crippen LogP contribution in [0.25, 0.3) is 5.65 Å². The Morgan fingerprint density at radius 3 is 2.86 bits per heavy atom. The van der Waals surface area contributed by atoms with Gasteiger partial charge in [0, 0.05) is 22.3 Å². The second-order valence-electron chi connectivity index (χ2n) is 6.62. The van der Waals surface area contributed by atoms with Crippen LogP contribution in [0.1, 0.15) is 38.6 Å². The minimum atomic E-state index is -0.225. The molecular formula is C21H19BrN4O2. The minimum absolute atomic E-state index is 0.225. The third kappa shape index (κ3) is 3.57. The van der Waals surface area contributed by atoms with Crippen molar-refractivity contribution in [2.75, 3.05) is 0 Å². The van der Waals surface area contributed by atoms with Crippen molar-refractivity contribution in [1.29, 1.82) is 0 Å². The maximum atomic E-state index is 12.6. The van der Waals surface area contributed by atoms with Crippen LogP contribution in [0.15, 0.2) is 57.7 Å². The van der Waals surface area contributed by atoms with Gasteiger partial charge in [0.2, 0.25) is 0 Å². The van der Waals surface area contributed by atoms with E-state index in [1.807, 2.05) is 32.0 Å². The van der Waals surface area contributed by atoms with Crippen LogP contribution in [-0.2, 0) is 13.0 Å². The van der Waals surface area contributed by atoms with Gasteiger partial charge < -0.3 is 9.73 Å². The predicted octanol–water partition coefficient (Wildman–Crippen LogP) is 4.22. The molecule has 0 radical (unpaired) electrons. The number of rotatable bonds is 5. The van der Waals surface area contributed by atoms with Gasteiger partial charge in [-0.1, -0.05) is 28.1 Å². The van der Waals surface area contributed by atoms with Gasteiger partial charge in [0.05, 0.1) is 19.0 Å². The number of carbonyl (C=O) groups excluding carboxylic acids is 1. The second kappa shape index (κ2) is 7.59. The third-order valence-electron chi connectivity index (χ3n) is 4.73. The Balaban J connectivity index is 1.64. The molecule has 4 aromatic rings. The molecule has 3 heterocycles. The van der Waals surface area contributed by atoms with E-state index in [0.29, 0.717) is 23.5 Å². The van der Waals surface area contributed by atoms with Crippen LogP contribution >= 0.6 is 15.9 Å². The third-order valence-corrected chi connectivity index (χ3v) is 5.22. The molecule has 1 aromatic carbocycles. The zero-order valence-corrected chi connectivity index (χ0v) is 17.2. The molecule has 0 saturated carbocycles. The fourth-order valence-corrected chi connectivity index (χ4v) is 3.70. The quantitative estimate of drug-likeness (QED) is 0.506. The molecular weight excluding hydrogens is 420 g/mol. The Kier molecular flexibility index (Phi) is 5.00. The van der Waals surface area contributed by atoms with Crippen molar-refractivity contribution in [1.82, 2.24) is 19.9 Å². The smallest absolute Gasteiger partial charge is 0.257 e. The Hall–Kier alpha value is -2.93. The number of aromatic nitrogens is 3. The van der Waals surface area contributed by atoms with Crippen molar-refractivity contribution in [2.45, 2.75) is 26.8 Å². The highest BCUT2D eigenvalue weighted by molar-refractivity contribution is 9.10. The lowest BCUT2D eigenvalue weighted by atomic mass is 10.0. The fourth-order valence-electron chi connectivity index (χ4n) is 3.25. The van der Waals surface area contributed by atoms with E-state index in [1.165, 1.54) is 5.56 Å². The molecule has 0 spiro atoms. The lowest BCUT2D eigenvalue weighted by Gasteiger charge is -2.12. The number of furan rings is 1. The lowest BCUT2D eigenvalue weighted by Crippen LogP contribution is -2.22. The summed E-state index contributed by atoms with van der Waals surface area (Å²) in [7, 11) is 0. The van der Waals surface area contributed by atoms with E-state index >= 15 is 0 Å². The number of benzene rings is 1. The summed E-state index contributed by atoms with van der Waals surface area (Å²) in [6, 6.07) is 11.8. The maximum Gasteiger partial charge on any atom is 0.257 e. The molecule has 1 amide bonds. The normalized spacial score (nSPS) is 11.1. The number of hydrogen-bond acceptors (Lipinski definition) is 4. The van der Waals surface area contributed by atoms with Crippen LogP contribution in [0.3, 0.4) is 0 Å². The van der Waals surface area contributed by atoms with E-state index in [9.17, 15) is 4.79 Å². The van der Waals surface area contributed by atoms with Gasteiger partial charge in [0.15, 0.2) is 5.65 Å². The van der Waals surface area contributed by atoms with Gasteiger partial charge in [-0.05, 0) is 49.2 Å². The maximum absolute atomic E-state index is 12.6. The number of halogens is 1. The number of carbonyl (C=O) groups is 1. The Labute approximate surface area is 170 Å². The lowest BCUT2D eigenvalue weighted by molar-refractivity contribution is 0.0949. The summed E-state index contributed by atoms with van der Waals surface area (Å²) >= 11 is 3.52. The van der Waals surface area contributed by atoms with E-state index in [2.05, 4.69) is 43.5 Å². The number of hydrogen-bond donors (Lipinski definition) is 1. The molecule has 4 rings (SSSR count). The average Bonchev–Trinajstić information content (AvgIpc) is 3.33. The molecule has 0 atom stereocenters. The zero-order chi connectivity index (χ0) is 19.7. The van der Waals surface area contributed by atoms with Crippen molar-refractivity contribution in [3.05, 3.63) is 87.2 Å². The van der Waals surface area contributed by atoms with Gasteiger partial charge >= 0.3 is 0 Å². The van der Waals surface area contributed by atoms with Gasteiger partial charge in [-0.3, -0.25) is 4.79 Å². The van der Waals surface area contributed by atoms with Crippen LogP contribution in [0, 0.1) is 13.8 Å². The van der Waals surface area contributed by atoms with Crippen LogP contribution in [0.5, 0.6) is 0 Å². The summed E-state index contributed by atoms with van der Waals surface area (Å²) in [5.41, 5.74) is 5.18. The average molecular weight is 439 g/mol. The van der Waals surface area contributed by atoms with Crippen LogP contribution in [0.4, 0.5) is 0 Å². The van der Waals surface area contributed by atoms with Crippen molar-refractivity contribution >= 4 is 27.5 Å². The first-order valence-corrected chi connectivity index (χ1v) is 9.71. The molecule has 0 saturated heterocycles. The Bertz CT molecular complexity index is 1150. The number of fused-ring (bicyclic) bond motifs is 1. The second-order valence-corrected chi connectivity index (χ2v) is 7.54. The molecule has 0 aliphatic heterocycles. The molecule has 7 heteroatoms. The number of nitrogens with one attached hydrogen (secondary N) is 1. The number of aryl methyl sites for hydroxylation is 2. The molecule has 3 aromatic heterocycles. The molecule has 28 heavy (non-hydrogen) atoms. The molecule has 6 nitrogen and oxygen atoms in total. The molecule has 0 aliphatic rings. The van der Waals surface area contributed by atoms with E-state index < -0.39 is 0 Å². The Morgan fingerprint density at radius 2 is 2.11 bits per heavy atom. The van der Waals surface area contributed by atoms with Crippen LogP contribution in [-0.4, -0.2) is 20.5 Å². The molecule has 0 aliphatic carbocycles. The number of amides is 1. The topological polar surface area (TPSA) is 72.4 Å². The summed E-state index contributed by atoms with van der Waals surface area (Å²) in [5.74, 6) is 0.471. The summed E-state index contributed by atoms with van der Waals surface area (Å²) in [5, 5.41) is 7.25. The molecule has 0 bridgehead atoms. The van der Waals surface area contributed by atoms with E-state index in [4.69, 9.17) is 4.42 Å². The summed E-state index contributed by atoms with van der Waals surface area (Å²) in [6.07, 6.45) is 3.90. The van der Waals surface area contributed by atoms with E-state index in [0.717, 1.165) is 27.8 Å². The highest BCUT2D eigenvalue weighted by Crippen LogP contribution is 2.22. The zero-order valence-electron chi connectivity index (χ0n) is 15.6. The van der Waals surface area contributed by atoms with Crippen molar-refractivity contribution in [3.8, 4) is 0 Å². The minimum Gasteiger partial charge on any atom is -0.467 e. The van der Waals surface area contributed by atoms with Crippen molar-refractivity contribution in [2.24, 2.45) is 0 Å². The van der Waals surface area contributed by atoms with Crippen molar-refractivity contribution < 1.29 is 9.21 Å². The van der Waals surface area contributed by atoms with Crippen molar-refractivity contribution in [3.63, 3.8) is 0 Å². The molecule has 0 unspecified atom stereocenters. The van der Waals surface area contributed by atoms with Crippen LogP contribution < -0.4 is 5.32 Å². The largest absolute Gasteiger partial charge is 0.467 e. The number of nitrogens with zero attached hydrogens (tertiary/aromatic N) is 3. The molecule has 1 N–H and O–H groups in total. The van der Waals surface area contributed by atoms with Crippen LogP contribution in [0.2, 0.25) is 0 Å². The Morgan fingerprint density at radius 1 is 1.25 bits per heavy atom. The first-order chi connectivity index (χ1) is 13.5. The standard InChI is InChI=1S/C21H19BrN4O2/c1-13-18(10-15-5-3-6-16(22)9-15)14(2)26-20(25-13)19(12-24-26)21(27)23-11-17-7-4-8-28-17/h3-9,12H,10-11H2,1-2H3,(H,23,27). The summed E-state index contributed by atoms with van der Waals surface area (Å²) < 4.78 is 8.04. The highest BCUT2D eigenvalue weighted by atomic mass is 79.9. The predicted molar refractivity (Wildman–Crippen MR) is 109 cm³/mol.